The summed E-state index contributed by atoms with van der Waals surface area (Å²) in [5.41, 5.74) is 0.265. The average molecular weight is 458 g/mol. The number of pyridine rings is 1. The summed E-state index contributed by atoms with van der Waals surface area (Å²) < 4.78 is 78.8. The van der Waals surface area contributed by atoms with Crippen molar-refractivity contribution in [3.8, 4) is 5.75 Å². The van der Waals surface area contributed by atoms with Gasteiger partial charge in [-0.25, -0.2) is 14.4 Å². The number of carbonyl (C=O) groups excluding carboxylic acids is 1. The van der Waals surface area contributed by atoms with E-state index >= 15 is 8.78 Å². The molecule has 1 atom stereocenters. The van der Waals surface area contributed by atoms with Crippen molar-refractivity contribution in [2.24, 2.45) is 10.7 Å². The Bertz CT molecular complexity index is 1060. The van der Waals surface area contributed by atoms with Crippen molar-refractivity contribution in [2.75, 3.05) is 5.32 Å². The Morgan fingerprint density at radius 2 is 1.88 bits per heavy atom. The molecule has 0 saturated carbocycles. The number of ether oxygens (including phenoxy) is 2. The van der Waals surface area contributed by atoms with Gasteiger partial charge in [0.15, 0.2) is 0 Å². The Balaban J connectivity index is 1.91. The van der Waals surface area contributed by atoms with Crippen molar-refractivity contribution in [3.05, 3.63) is 53.6 Å². The fourth-order valence-corrected chi connectivity index (χ4v) is 3.30. The Morgan fingerprint density at radius 3 is 2.47 bits per heavy atom. The predicted octanol–water partition coefficient (Wildman–Crippen LogP) is 4.05. The summed E-state index contributed by atoms with van der Waals surface area (Å²) in [6, 6.07) is 4.72. The van der Waals surface area contributed by atoms with E-state index in [0.29, 0.717) is 0 Å². The van der Waals surface area contributed by atoms with Gasteiger partial charge in [-0.3, -0.25) is 4.79 Å². The summed E-state index contributed by atoms with van der Waals surface area (Å²) in [6.07, 6.45) is 0.915. The molecule has 172 valence electrons. The number of aromatic nitrogens is 1. The van der Waals surface area contributed by atoms with Crippen LogP contribution in [0.3, 0.4) is 0 Å². The largest absolute Gasteiger partial charge is 0.448 e. The van der Waals surface area contributed by atoms with Crippen LogP contribution in [-0.2, 0) is 10.3 Å². The quantitative estimate of drug-likeness (QED) is 0.659. The van der Waals surface area contributed by atoms with Gasteiger partial charge >= 0.3 is 12.5 Å². The Hall–Kier alpha value is -3.44. The molecule has 2 aromatic rings. The predicted molar refractivity (Wildman–Crippen MR) is 104 cm³/mol. The maximum atomic E-state index is 15.2. The van der Waals surface area contributed by atoms with Crippen LogP contribution in [0.25, 0.3) is 0 Å². The van der Waals surface area contributed by atoms with Crippen molar-refractivity contribution in [3.63, 3.8) is 0 Å². The molecule has 2 heterocycles. The van der Waals surface area contributed by atoms with Crippen molar-refractivity contribution in [1.29, 1.82) is 0 Å². The van der Waals surface area contributed by atoms with Gasteiger partial charge in [0.2, 0.25) is 5.60 Å². The monoisotopic (exact) mass is 458 g/mol. The topological polar surface area (TPSA) is 98.8 Å². The number of benzene rings is 1. The Labute approximate surface area is 179 Å². The summed E-state index contributed by atoms with van der Waals surface area (Å²) >= 11 is 0. The normalized spacial score (nSPS) is 21.5. The molecular formula is C20H19F5N4O3. The fraction of sp³-hybridized carbons (Fsp3) is 0.350. The maximum Gasteiger partial charge on any atom is 0.387 e. The van der Waals surface area contributed by atoms with Crippen LogP contribution in [0, 0.1) is 5.82 Å². The number of nitrogens with one attached hydrogen (secondary N) is 1. The zero-order valence-corrected chi connectivity index (χ0v) is 17.1. The number of rotatable bonds is 5. The third-order valence-electron chi connectivity index (χ3n) is 5.00. The highest BCUT2D eigenvalue weighted by Crippen LogP contribution is 2.51. The van der Waals surface area contributed by atoms with Crippen LogP contribution in [-0.4, -0.2) is 35.0 Å². The molecule has 1 aromatic carbocycles. The highest BCUT2D eigenvalue weighted by atomic mass is 19.3. The first kappa shape index (κ1) is 23.2. The lowest BCUT2D eigenvalue weighted by molar-refractivity contribution is -0.215. The van der Waals surface area contributed by atoms with E-state index in [0.717, 1.165) is 57.3 Å². The minimum Gasteiger partial charge on any atom is -0.448 e. The lowest BCUT2D eigenvalue weighted by Crippen LogP contribution is -2.62. The molecule has 1 aliphatic heterocycles. The number of hydrogen-bond donors (Lipinski definition) is 2. The zero-order valence-electron chi connectivity index (χ0n) is 17.1. The van der Waals surface area contributed by atoms with Crippen LogP contribution in [0.1, 0.15) is 36.8 Å². The van der Waals surface area contributed by atoms with E-state index in [4.69, 9.17) is 10.5 Å². The number of amidine groups is 1. The van der Waals surface area contributed by atoms with Gasteiger partial charge in [-0.15, -0.1) is 0 Å². The minimum absolute atomic E-state index is 0.0411. The molecule has 0 unspecified atom stereocenters. The number of nitrogens with two attached hydrogens (primary N) is 1. The number of nitrogens with zero attached hydrogens (tertiary/aromatic N) is 2. The smallest absolute Gasteiger partial charge is 0.387 e. The molecule has 0 radical (unpaired) electrons. The standard InChI is InChI=1S/C20H19F5N4O3/c1-18(2)20(24,25)19(3,32-17(26)29-18)12-8-10(4-6-13(12)21)28-15(30)14-7-5-11(9-27-14)31-16(22)23/h4-9,16H,1-3H3,(H2,26,29)(H,28,30)/t19-/m1/s1. The van der Waals surface area contributed by atoms with Gasteiger partial charge in [-0.2, -0.15) is 17.6 Å². The molecule has 0 bridgehead atoms. The van der Waals surface area contributed by atoms with Crippen LogP contribution >= 0.6 is 0 Å². The number of alkyl halides is 4. The van der Waals surface area contributed by atoms with E-state index in [2.05, 4.69) is 20.0 Å². The SMILES string of the molecule is CC1(C)N=C(N)O[C@](C)(c2cc(NC(=O)c3ccc(OC(F)F)cn3)ccc2F)C1(F)F. The van der Waals surface area contributed by atoms with E-state index in [1.165, 1.54) is 0 Å². The maximum absolute atomic E-state index is 15.2. The van der Waals surface area contributed by atoms with Crippen LogP contribution in [0.15, 0.2) is 41.5 Å². The average Bonchev–Trinajstić information content (AvgIpc) is 2.67. The summed E-state index contributed by atoms with van der Waals surface area (Å²) in [4.78, 5) is 19.7. The molecule has 0 aliphatic carbocycles. The lowest BCUT2D eigenvalue weighted by atomic mass is 9.78. The number of amides is 1. The molecular weight excluding hydrogens is 439 g/mol. The van der Waals surface area contributed by atoms with Crippen LogP contribution < -0.4 is 15.8 Å². The van der Waals surface area contributed by atoms with Crippen LogP contribution in [0.2, 0.25) is 0 Å². The van der Waals surface area contributed by atoms with Gasteiger partial charge in [-0.1, -0.05) is 0 Å². The van der Waals surface area contributed by atoms with E-state index in [1.807, 2.05) is 0 Å². The summed E-state index contributed by atoms with van der Waals surface area (Å²) in [6.45, 7) is 0.192. The third-order valence-corrected chi connectivity index (χ3v) is 5.00. The van der Waals surface area contributed by atoms with Gasteiger partial charge < -0.3 is 20.5 Å². The highest BCUT2D eigenvalue weighted by molar-refractivity contribution is 6.02. The molecule has 12 heteroatoms. The fourth-order valence-electron chi connectivity index (χ4n) is 3.30. The first-order valence-corrected chi connectivity index (χ1v) is 9.21. The van der Waals surface area contributed by atoms with E-state index in [9.17, 15) is 18.0 Å². The third kappa shape index (κ3) is 4.04. The minimum atomic E-state index is -3.69. The van der Waals surface area contributed by atoms with E-state index < -0.39 is 47.0 Å². The first-order chi connectivity index (χ1) is 14.8. The molecule has 32 heavy (non-hydrogen) atoms. The van der Waals surface area contributed by atoms with Gasteiger partial charge in [0.05, 0.1) is 6.20 Å². The van der Waals surface area contributed by atoms with Gasteiger partial charge in [0.25, 0.3) is 11.9 Å². The molecule has 0 spiro atoms. The molecule has 7 nitrogen and oxygen atoms in total. The van der Waals surface area contributed by atoms with Crippen molar-refractivity contribution in [1.82, 2.24) is 4.98 Å². The second-order valence-corrected chi connectivity index (χ2v) is 7.63. The van der Waals surface area contributed by atoms with Crippen molar-refractivity contribution < 1.29 is 36.2 Å². The number of carbonyl (C=O) groups is 1. The second-order valence-electron chi connectivity index (χ2n) is 7.63. The summed E-state index contributed by atoms with van der Waals surface area (Å²) in [7, 11) is 0. The molecule has 1 aromatic heterocycles. The molecule has 1 aliphatic rings. The van der Waals surface area contributed by atoms with Crippen molar-refractivity contribution in [2.45, 2.75) is 44.4 Å². The van der Waals surface area contributed by atoms with Crippen molar-refractivity contribution >= 4 is 17.6 Å². The summed E-state index contributed by atoms with van der Waals surface area (Å²) in [5, 5.41) is 2.38. The summed E-state index contributed by atoms with van der Waals surface area (Å²) in [5.74, 6) is -5.75. The molecule has 3 N–H and O–H groups in total. The molecule has 1 amide bonds. The number of hydrogen-bond acceptors (Lipinski definition) is 6. The Morgan fingerprint density at radius 1 is 1.19 bits per heavy atom. The van der Waals surface area contributed by atoms with E-state index in [-0.39, 0.29) is 17.1 Å². The van der Waals surface area contributed by atoms with E-state index in [1.54, 1.807) is 0 Å². The number of aliphatic imine (C=N–C) groups is 1. The molecule has 0 fully saturated rings. The molecule has 3 rings (SSSR count). The van der Waals surface area contributed by atoms with Gasteiger partial charge in [-0.05, 0) is 51.1 Å². The first-order valence-electron chi connectivity index (χ1n) is 9.21. The number of halogens is 5. The van der Waals surface area contributed by atoms with Crippen LogP contribution in [0.4, 0.5) is 27.6 Å². The lowest BCUT2D eigenvalue weighted by Gasteiger charge is -2.47. The highest BCUT2D eigenvalue weighted by Gasteiger charge is 2.66. The Kier molecular flexibility index (Phi) is 5.75. The number of anilines is 1. The van der Waals surface area contributed by atoms with Gasteiger partial charge in [0.1, 0.15) is 22.8 Å². The van der Waals surface area contributed by atoms with Gasteiger partial charge in [0, 0.05) is 11.3 Å². The second kappa shape index (κ2) is 7.92. The molecule has 0 saturated heterocycles. The zero-order chi connectivity index (χ0) is 23.9. The van der Waals surface area contributed by atoms with Crippen LogP contribution in [0.5, 0.6) is 5.75 Å².